The average molecular weight is 275 g/mol. The Balaban J connectivity index is 2.88. The van der Waals surface area contributed by atoms with E-state index in [1.165, 1.54) is 6.07 Å². The quantitative estimate of drug-likeness (QED) is 0.759. The van der Waals surface area contributed by atoms with E-state index in [2.05, 4.69) is 4.74 Å². The molecule has 0 aliphatic heterocycles. The van der Waals surface area contributed by atoms with Crippen molar-refractivity contribution in [3.63, 3.8) is 0 Å². The molecule has 0 fully saturated rings. The van der Waals surface area contributed by atoms with Gasteiger partial charge < -0.3 is 20.3 Å². The third-order valence-electron chi connectivity index (χ3n) is 2.64. The van der Waals surface area contributed by atoms with Crippen LogP contribution in [0.4, 0.5) is 8.78 Å². The summed E-state index contributed by atoms with van der Waals surface area (Å²) in [4.78, 5) is 0. The van der Waals surface area contributed by atoms with Gasteiger partial charge in [-0.05, 0) is 43.5 Å². The molecule has 0 aliphatic carbocycles. The van der Waals surface area contributed by atoms with Crippen LogP contribution < -0.4 is 15.2 Å². The molecule has 0 saturated carbocycles. The molecule has 0 aliphatic rings. The largest absolute Gasteiger partial charge is 0.490 e. The van der Waals surface area contributed by atoms with E-state index in [9.17, 15) is 8.78 Å². The molecule has 0 amide bonds. The average Bonchev–Trinajstić information content (AvgIpc) is 2.38. The van der Waals surface area contributed by atoms with Crippen molar-refractivity contribution in [3.8, 4) is 11.5 Å². The maximum Gasteiger partial charge on any atom is 0.387 e. The first kappa shape index (κ1) is 15.7. The minimum absolute atomic E-state index is 0.00824. The van der Waals surface area contributed by atoms with Gasteiger partial charge in [-0.3, -0.25) is 0 Å². The van der Waals surface area contributed by atoms with Crippen molar-refractivity contribution in [2.75, 3.05) is 19.8 Å². The highest BCUT2D eigenvalue weighted by molar-refractivity contribution is 5.43. The second-order valence-electron chi connectivity index (χ2n) is 4.08. The molecular weight excluding hydrogens is 256 g/mol. The van der Waals surface area contributed by atoms with Crippen molar-refractivity contribution < 1.29 is 23.4 Å². The highest BCUT2D eigenvalue weighted by Gasteiger charge is 2.13. The van der Waals surface area contributed by atoms with Crippen molar-refractivity contribution in [2.45, 2.75) is 20.0 Å². The van der Waals surface area contributed by atoms with Gasteiger partial charge in [0.1, 0.15) is 0 Å². The van der Waals surface area contributed by atoms with Gasteiger partial charge in [0.2, 0.25) is 0 Å². The molecule has 0 spiro atoms. The van der Waals surface area contributed by atoms with Gasteiger partial charge in [0.15, 0.2) is 11.5 Å². The molecule has 1 unspecified atom stereocenters. The van der Waals surface area contributed by atoms with E-state index in [-0.39, 0.29) is 24.0 Å². The smallest absolute Gasteiger partial charge is 0.387 e. The number of halogens is 2. The summed E-state index contributed by atoms with van der Waals surface area (Å²) in [6, 6.07) is 4.75. The molecule has 1 aromatic carbocycles. The Bertz CT molecular complexity index is 384. The molecule has 1 aromatic rings. The predicted octanol–water partition coefficient (Wildman–Crippen LogP) is 1.80. The fraction of sp³-hybridized carbons (Fsp3) is 0.538. The van der Waals surface area contributed by atoms with Gasteiger partial charge in [0, 0.05) is 6.61 Å². The van der Waals surface area contributed by atoms with Crippen LogP contribution in [0.5, 0.6) is 11.5 Å². The topological polar surface area (TPSA) is 64.7 Å². The Labute approximate surface area is 111 Å². The fourth-order valence-corrected chi connectivity index (χ4v) is 1.70. The zero-order chi connectivity index (χ0) is 14.3. The zero-order valence-corrected chi connectivity index (χ0v) is 10.8. The summed E-state index contributed by atoms with van der Waals surface area (Å²) in [6.07, 6.45) is 0.558. The van der Waals surface area contributed by atoms with Crippen LogP contribution in [0.2, 0.25) is 0 Å². The van der Waals surface area contributed by atoms with Crippen molar-refractivity contribution in [2.24, 2.45) is 11.7 Å². The Morgan fingerprint density at radius 3 is 2.58 bits per heavy atom. The summed E-state index contributed by atoms with van der Waals surface area (Å²) < 4.78 is 34.1. The van der Waals surface area contributed by atoms with Gasteiger partial charge in [-0.15, -0.1) is 0 Å². The molecule has 19 heavy (non-hydrogen) atoms. The van der Waals surface area contributed by atoms with E-state index in [1.54, 1.807) is 19.1 Å². The lowest BCUT2D eigenvalue weighted by molar-refractivity contribution is -0.0514. The van der Waals surface area contributed by atoms with Crippen molar-refractivity contribution in [1.82, 2.24) is 0 Å². The SMILES string of the molecule is CCOc1cc(CC(CN)CO)ccc1OC(F)F. The molecule has 0 radical (unpaired) electrons. The van der Waals surface area contributed by atoms with Crippen molar-refractivity contribution in [3.05, 3.63) is 23.8 Å². The number of alkyl halides is 2. The van der Waals surface area contributed by atoms with Crippen LogP contribution in [0, 0.1) is 5.92 Å². The van der Waals surface area contributed by atoms with Gasteiger partial charge >= 0.3 is 6.61 Å². The van der Waals surface area contributed by atoms with E-state index in [4.69, 9.17) is 15.6 Å². The number of ether oxygens (including phenoxy) is 2. The summed E-state index contributed by atoms with van der Waals surface area (Å²) >= 11 is 0. The lowest BCUT2D eigenvalue weighted by atomic mass is 10.00. The van der Waals surface area contributed by atoms with E-state index in [0.717, 1.165) is 5.56 Å². The van der Waals surface area contributed by atoms with E-state index < -0.39 is 6.61 Å². The molecule has 3 N–H and O–H groups in total. The first-order valence-corrected chi connectivity index (χ1v) is 6.12. The normalized spacial score (nSPS) is 12.5. The van der Waals surface area contributed by atoms with Crippen molar-refractivity contribution >= 4 is 0 Å². The predicted molar refractivity (Wildman–Crippen MR) is 67.6 cm³/mol. The molecule has 1 rings (SSSR count). The first-order chi connectivity index (χ1) is 9.10. The number of hydrogen-bond donors (Lipinski definition) is 2. The third kappa shape index (κ3) is 5.00. The number of rotatable bonds is 8. The van der Waals surface area contributed by atoms with Crippen LogP contribution >= 0.6 is 0 Å². The van der Waals surface area contributed by atoms with E-state index >= 15 is 0 Å². The van der Waals surface area contributed by atoms with Crippen LogP contribution in [0.25, 0.3) is 0 Å². The number of aliphatic hydroxyl groups excluding tert-OH is 1. The van der Waals surface area contributed by atoms with Crippen LogP contribution in [-0.4, -0.2) is 31.5 Å². The monoisotopic (exact) mass is 275 g/mol. The summed E-state index contributed by atoms with van der Waals surface area (Å²) in [6.45, 7) is -0.441. The van der Waals surface area contributed by atoms with Crippen molar-refractivity contribution in [1.29, 1.82) is 0 Å². The number of hydrogen-bond acceptors (Lipinski definition) is 4. The Morgan fingerprint density at radius 2 is 2.05 bits per heavy atom. The lowest BCUT2D eigenvalue weighted by Gasteiger charge is -2.15. The van der Waals surface area contributed by atoms with Gasteiger partial charge in [0.25, 0.3) is 0 Å². The second kappa shape index (κ2) is 7.91. The summed E-state index contributed by atoms with van der Waals surface area (Å²) in [7, 11) is 0. The van der Waals surface area contributed by atoms with Gasteiger partial charge in [-0.1, -0.05) is 6.07 Å². The molecular formula is C13H19F2NO3. The first-order valence-electron chi connectivity index (χ1n) is 6.12. The fourth-order valence-electron chi connectivity index (χ4n) is 1.70. The molecule has 6 heteroatoms. The summed E-state index contributed by atoms with van der Waals surface area (Å²) in [5.41, 5.74) is 6.36. The molecule has 1 atom stereocenters. The Kier molecular flexibility index (Phi) is 6.52. The number of benzene rings is 1. The minimum Gasteiger partial charge on any atom is -0.490 e. The lowest BCUT2D eigenvalue weighted by Crippen LogP contribution is -2.20. The molecule has 0 aromatic heterocycles. The van der Waals surface area contributed by atoms with Crippen LogP contribution in [0.3, 0.4) is 0 Å². The van der Waals surface area contributed by atoms with Crippen LogP contribution in [0.15, 0.2) is 18.2 Å². The van der Waals surface area contributed by atoms with Gasteiger partial charge in [-0.2, -0.15) is 8.78 Å². The highest BCUT2D eigenvalue weighted by atomic mass is 19.3. The summed E-state index contributed by atoms with van der Waals surface area (Å²) in [5, 5.41) is 9.10. The maximum absolute atomic E-state index is 12.2. The molecule has 0 saturated heterocycles. The molecule has 0 bridgehead atoms. The Hall–Kier alpha value is -1.40. The summed E-state index contributed by atoms with van der Waals surface area (Å²) in [5.74, 6) is 0.222. The molecule has 0 heterocycles. The number of nitrogens with two attached hydrogens (primary N) is 1. The van der Waals surface area contributed by atoms with Crippen LogP contribution in [-0.2, 0) is 6.42 Å². The molecule has 4 nitrogen and oxygen atoms in total. The van der Waals surface area contributed by atoms with E-state index in [1.807, 2.05) is 0 Å². The minimum atomic E-state index is -2.89. The number of aliphatic hydroxyl groups is 1. The van der Waals surface area contributed by atoms with E-state index in [0.29, 0.717) is 19.6 Å². The van der Waals surface area contributed by atoms with Crippen LogP contribution in [0.1, 0.15) is 12.5 Å². The highest BCUT2D eigenvalue weighted by Crippen LogP contribution is 2.30. The Morgan fingerprint density at radius 1 is 1.32 bits per heavy atom. The zero-order valence-electron chi connectivity index (χ0n) is 10.8. The van der Waals surface area contributed by atoms with Gasteiger partial charge in [-0.25, -0.2) is 0 Å². The second-order valence-corrected chi connectivity index (χ2v) is 4.08. The van der Waals surface area contributed by atoms with Gasteiger partial charge in [0.05, 0.1) is 6.61 Å². The maximum atomic E-state index is 12.2. The molecule has 108 valence electrons. The standard InChI is InChI=1S/C13H19F2NO3/c1-2-18-12-6-9(5-10(7-16)8-17)3-4-11(12)19-13(14)15/h3-4,6,10,13,17H,2,5,7-8,16H2,1H3. The third-order valence-corrected chi connectivity index (χ3v) is 2.64.